The third-order valence-corrected chi connectivity index (χ3v) is 6.54. The molecule has 1 aliphatic heterocycles. The lowest BCUT2D eigenvalue weighted by atomic mass is 9.82. The molecule has 2 aromatic rings. The fraction of sp³-hybridized carbons (Fsp3) is 0.407. The molecule has 0 saturated carbocycles. The highest BCUT2D eigenvalue weighted by molar-refractivity contribution is 5.74. The van der Waals surface area contributed by atoms with Gasteiger partial charge in [0.2, 0.25) is 0 Å². The summed E-state index contributed by atoms with van der Waals surface area (Å²) in [6.07, 6.45) is 13.4. The Labute approximate surface area is 175 Å². The van der Waals surface area contributed by atoms with Gasteiger partial charge in [0.15, 0.2) is 0 Å². The van der Waals surface area contributed by atoms with Crippen LogP contribution >= 0.6 is 0 Å². The van der Waals surface area contributed by atoms with Crippen LogP contribution in [0.15, 0.2) is 66.8 Å². The Morgan fingerprint density at radius 1 is 0.966 bits per heavy atom. The lowest BCUT2D eigenvalue weighted by Gasteiger charge is -2.42. The van der Waals surface area contributed by atoms with Crippen LogP contribution < -0.4 is 9.64 Å². The lowest BCUT2D eigenvalue weighted by molar-refractivity contribution is 0.217. The van der Waals surface area contributed by atoms with Crippen LogP contribution in [0.1, 0.15) is 58.1 Å². The van der Waals surface area contributed by atoms with Gasteiger partial charge < -0.3 is 9.64 Å². The molecule has 0 fully saturated rings. The van der Waals surface area contributed by atoms with E-state index in [1.54, 1.807) is 0 Å². The monoisotopic (exact) mass is 387 g/mol. The zero-order valence-electron chi connectivity index (χ0n) is 18.2. The molecule has 2 nitrogen and oxygen atoms in total. The highest BCUT2D eigenvalue weighted by Crippen LogP contribution is 2.44. The van der Waals surface area contributed by atoms with E-state index >= 15 is 0 Å². The van der Waals surface area contributed by atoms with Crippen molar-refractivity contribution in [2.24, 2.45) is 0 Å². The van der Waals surface area contributed by atoms with Gasteiger partial charge in [-0.25, -0.2) is 0 Å². The molecule has 2 aromatic carbocycles. The first-order chi connectivity index (χ1) is 14.0. The van der Waals surface area contributed by atoms with Crippen molar-refractivity contribution in [1.82, 2.24) is 0 Å². The molecule has 29 heavy (non-hydrogen) atoms. The topological polar surface area (TPSA) is 12.5 Å². The molecule has 0 aromatic heterocycles. The van der Waals surface area contributed by atoms with Crippen LogP contribution in [0, 0.1) is 0 Å². The smallest absolute Gasteiger partial charge is 0.144 e. The predicted molar refractivity (Wildman–Crippen MR) is 123 cm³/mol. The van der Waals surface area contributed by atoms with Crippen molar-refractivity contribution in [3.8, 4) is 5.75 Å². The maximum Gasteiger partial charge on any atom is 0.144 e. The summed E-state index contributed by atoms with van der Waals surface area (Å²) in [6.45, 7) is 9.10. The Kier molecular flexibility index (Phi) is 5.54. The first-order valence-electron chi connectivity index (χ1n) is 11.1. The number of rotatable bonds is 6. The maximum atomic E-state index is 6.47. The van der Waals surface area contributed by atoms with Gasteiger partial charge >= 0.3 is 0 Å². The van der Waals surface area contributed by atoms with Gasteiger partial charge in [-0.1, -0.05) is 70.5 Å². The molecule has 152 valence electrons. The maximum absolute atomic E-state index is 6.47. The van der Waals surface area contributed by atoms with Crippen molar-refractivity contribution in [2.45, 2.75) is 70.9 Å². The van der Waals surface area contributed by atoms with Crippen LogP contribution in [0.5, 0.6) is 5.75 Å². The zero-order chi connectivity index (χ0) is 20.4. The molecule has 0 saturated heterocycles. The summed E-state index contributed by atoms with van der Waals surface area (Å²) in [7, 11) is 0. The summed E-state index contributed by atoms with van der Waals surface area (Å²) in [4.78, 5) is 2.44. The van der Waals surface area contributed by atoms with Crippen molar-refractivity contribution in [2.75, 3.05) is 4.90 Å². The normalized spacial score (nSPS) is 20.2. The number of allylic oxidation sites excluding steroid dienone is 2. The second-order valence-corrected chi connectivity index (χ2v) is 8.90. The van der Waals surface area contributed by atoms with Crippen LogP contribution in [-0.2, 0) is 11.8 Å². The lowest BCUT2D eigenvalue weighted by Crippen LogP contribution is -2.46. The Morgan fingerprint density at radius 3 is 2.45 bits per heavy atom. The molecule has 0 radical (unpaired) electrons. The molecule has 1 aliphatic carbocycles. The van der Waals surface area contributed by atoms with E-state index in [1.807, 2.05) is 0 Å². The van der Waals surface area contributed by atoms with Crippen LogP contribution in [-0.4, -0.2) is 12.1 Å². The van der Waals surface area contributed by atoms with Crippen LogP contribution in [0.25, 0.3) is 0 Å². The minimum Gasteiger partial charge on any atom is -0.482 e. The summed E-state index contributed by atoms with van der Waals surface area (Å²) >= 11 is 0. The van der Waals surface area contributed by atoms with Crippen molar-refractivity contribution in [3.05, 3.63) is 77.9 Å². The number of anilines is 2. The molecule has 2 atom stereocenters. The molecular formula is C27H33NO. The van der Waals surface area contributed by atoms with Crippen molar-refractivity contribution < 1.29 is 4.74 Å². The van der Waals surface area contributed by atoms with E-state index in [4.69, 9.17) is 4.74 Å². The second-order valence-electron chi connectivity index (χ2n) is 8.90. The predicted octanol–water partition coefficient (Wildman–Crippen LogP) is 7.11. The number of hydrogen-bond donors (Lipinski definition) is 0. The van der Waals surface area contributed by atoms with Gasteiger partial charge in [-0.05, 0) is 66.1 Å². The van der Waals surface area contributed by atoms with E-state index in [0.29, 0.717) is 0 Å². The van der Waals surface area contributed by atoms with Gasteiger partial charge in [0.1, 0.15) is 11.9 Å². The largest absolute Gasteiger partial charge is 0.482 e. The minimum absolute atomic E-state index is 0.0345. The third-order valence-electron chi connectivity index (χ3n) is 6.54. The summed E-state index contributed by atoms with van der Waals surface area (Å²) in [6, 6.07) is 16.1. The van der Waals surface area contributed by atoms with E-state index in [-0.39, 0.29) is 17.6 Å². The fourth-order valence-electron chi connectivity index (χ4n) is 4.17. The van der Waals surface area contributed by atoms with E-state index in [0.717, 1.165) is 24.3 Å². The van der Waals surface area contributed by atoms with Crippen LogP contribution in [0.3, 0.4) is 0 Å². The molecular weight excluding hydrogens is 354 g/mol. The number of fused-ring (bicyclic) bond motifs is 2. The summed E-state index contributed by atoms with van der Waals surface area (Å²) in [5, 5.41) is 0. The molecule has 0 bridgehead atoms. The average Bonchev–Trinajstić information content (AvgIpc) is 2.76. The highest BCUT2D eigenvalue weighted by Gasteiger charge is 2.35. The van der Waals surface area contributed by atoms with E-state index in [9.17, 15) is 0 Å². The zero-order valence-corrected chi connectivity index (χ0v) is 18.2. The standard InChI is InChI=1S/C27H33NO/c1-5-7-10-20-13-16-22(17-14-20)28-23-11-8-9-12-25(23)29-26-19-21(15-18-24(26)28)27(3,4)6-2/h8-9,11-19,23,25H,5-7,10H2,1-4H3. The molecule has 2 unspecified atom stereocenters. The Balaban J connectivity index is 1.74. The number of aryl methyl sites for hydroxylation is 1. The number of hydrogen-bond acceptors (Lipinski definition) is 2. The molecule has 1 heterocycles. The molecule has 2 aliphatic rings. The minimum atomic E-state index is 0.0345. The highest BCUT2D eigenvalue weighted by atomic mass is 16.5. The third kappa shape index (κ3) is 3.85. The van der Waals surface area contributed by atoms with Gasteiger partial charge in [0.25, 0.3) is 0 Å². The molecule has 0 spiro atoms. The van der Waals surface area contributed by atoms with Crippen LogP contribution in [0.4, 0.5) is 11.4 Å². The van der Waals surface area contributed by atoms with Gasteiger partial charge in [-0.15, -0.1) is 0 Å². The Morgan fingerprint density at radius 2 is 1.72 bits per heavy atom. The number of nitrogens with zero attached hydrogens (tertiary/aromatic N) is 1. The summed E-state index contributed by atoms with van der Waals surface area (Å²) in [5.41, 5.74) is 5.28. The van der Waals surface area contributed by atoms with Crippen LogP contribution in [0.2, 0.25) is 0 Å². The quantitative estimate of drug-likeness (QED) is 0.523. The van der Waals surface area contributed by atoms with Crippen molar-refractivity contribution >= 4 is 11.4 Å². The number of benzene rings is 2. The molecule has 0 amide bonds. The molecule has 4 rings (SSSR count). The van der Waals surface area contributed by atoms with Gasteiger partial charge in [0, 0.05) is 5.69 Å². The Hall–Kier alpha value is -2.48. The SMILES string of the molecule is CCCCc1ccc(N2c3ccc(C(C)(C)CC)cc3OC3C=CC=CC32)cc1. The van der Waals surface area contributed by atoms with E-state index < -0.39 is 0 Å². The second kappa shape index (κ2) is 8.10. The number of unbranched alkanes of at least 4 members (excludes halogenated alkanes) is 1. The van der Waals surface area contributed by atoms with Crippen molar-refractivity contribution in [1.29, 1.82) is 0 Å². The fourth-order valence-corrected chi connectivity index (χ4v) is 4.17. The van der Waals surface area contributed by atoms with Gasteiger partial charge in [-0.2, -0.15) is 0 Å². The van der Waals surface area contributed by atoms with Gasteiger partial charge in [0.05, 0.1) is 11.7 Å². The first-order valence-corrected chi connectivity index (χ1v) is 11.1. The number of ether oxygens (including phenoxy) is 1. The van der Waals surface area contributed by atoms with Crippen molar-refractivity contribution in [3.63, 3.8) is 0 Å². The molecule has 2 heteroatoms. The van der Waals surface area contributed by atoms with E-state index in [2.05, 4.69) is 99.4 Å². The average molecular weight is 388 g/mol. The van der Waals surface area contributed by atoms with Gasteiger partial charge in [-0.3, -0.25) is 0 Å². The molecule has 0 N–H and O–H groups in total. The van der Waals surface area contributed by atoms with E-state index in [1.165, 1.54) is 29.7 Å². The first kappa shape index (κ1) is 19.8. The summed E-state index contributed by atoms with van der Waals surface area (Å²) in [5.74, 6) is 0.986. The summed E-state index contributed by atoms with van der Waals surface area (Å²) < 4.78 is 6.47. The Bertz CT molecular complexity index is 907.